The number of rotatable bonds is 10. The number of aryl methyl sites for hydroxylation is 2. The molecule has 0 aliphatic rings. The van der Waals surface area contributed by atoms with Gasteiger partial charge in [-0.1, -0.05) is 78.5 Å². The Morgan fingerprint density at radius 2 is 1.52 bits per heavy atom. The molecule has 1 nitrogen and oxygen atoms in total. The number of carbonyl (C=O) groups excluding carboxylic acids is 1. The van der Waals surface area contributed by atoms with Crippen LogP contribution in [0.4, 0.5) is 0 Å². The van der Waals surface area contributed by atoms with E-state index in [1.807, 2.05) is 26.8 Å². The van der Waals surface area contributed by atoms with Crippen molar-refractivity contribution in [1.82, 2.24) is 0 Å². The second-order valence-electron chi connectivity index (χ2n) is 6.70. The molecule has 0 radical (unpaired) electrons. The molecule has 0 N–H and O–H groups in total. The molecule has 0 bridgehead atoms. The van der Waals surface area contributed by atoms with Gasteiger partial charge in [0.15, 0.2) is 5.78 Å². The van der Waals surface area contributed by atoms with Crippen molar-refractivity contribution in [1.29, 1.82) is 0 Å². The summed E-state index contributed by atoms with van der Waals surface area (Å²) >= 11 is 0. The van der Waals surface area contributed by atoms with Crippen molar-refractivity contribution in [2.75, 3.05) is 0 Å². The van der Waals surface area contributed by atoms with Crippen LogP contribution in [0.25, 0.3) is 5.57 Å². The highest BCUT2D eigenvalue weighted by Gasteiger charge is 2.17. The van der Waals surface area contributed by atoms with Crippen LogP contribution in [0, 0.1) is 19.8 Å². The van der Waals surface area contributed by atoms with Gasteiger partial charge in [-0.05, 0) is 60.9 Å². The largest absolute Gasteiger partial charge is 0.295 e. The van der Waals surface area contributed by atoms with Gasteiger partial charge in [0, 0.05) is 6.42 Å². The summed E-state index contributed by atoms with van der Waals surface area (Å²) in [7, 11) is 0. The molecule has 0 atom stereocenters. The van der Waals surface area contributed by atoms with E-state index < -0.39 is 0 Å². The smallest absolute Gasteiger partial charge is 0.155 e. The number of allylic oxidation sites excluding steroid dienone is 2. The molecule has 0 amide bonds. The van der Waals surface area contributed by atoms with Crippen molar-refractivity contribution in [3.8, 4) is 0 Å². The summed E-state index contributed by atoms with van der Waals surface area (Å²) in [6.07, 6.45) is 9.78. The first-order valence-corrected chi connectivity index (χ1v) is 10.3. The molecule has 0 unspecified atom stereocenters. The predicted molar refractivity (Wildman–Crippen MR) is 113 cm³/mol. The van der Waals surface area contributed by atoms with Gasteiger partial charge in [0.2, 0.25) is 0 Å². The molecular formula is C24H40O. The van der Waals surface area contributed by atoms with Gasteiger partial charge >= 0.3 is 0 Å². The first-order chi connectivity index (χ1) is 12.0. The number of hydrogen-bond donors (Lipinski definition) is 0. The van der Waals surface area contributed by atoms with Crippen LogP contribution in [0.3, 0.4) is 0 Å². The topological polar surface area (TPSA) is 17.1 Å². The molecular weight excluding hydrogens is 304 g/mol. The van der Waals surface area contributed by atoms with Gasteiger partial charge in [0.1, 0.15) is 0 Å². The Bertz CT molecular complexity index is 517. The molecule has 0 saturated heterocycles. The fourth-order valence-corrected chi connectivity index (χ4v) is 2.99. The van der Waals surface area contributed by atoms with Gasteiger partial charge in [-0.3, -0.25) is 4.79 Å². The molecule has 1 rings (SSSR count). The van der Waals surface area contributed by atoms with Gasteiger partial charge in [0.05, 0.1) is 0 Å². The van der Waals surface area contributed by atoms with Crippen LogP contribution in [0.15, 0.2) is 24.3 Å². The molecule has 0 heterocycles. The SMILES string of the molecule is CC.CCCCC(CCCC)/C(=C\C(=O)CC)c1ccc(C)c(C)c1. The monoisotopic (exact) mass is 344 g/mol. The molecule has 0 aliphatic carbocycles. The van der Waals surface area contributed by atoms with Crippen molar-refractivity contribution in [3.63, 3.8) is 0 Å². The Kier molecular flexibility index (Phi) is 13.1. The minimum Gasteiger partial charge on any atom is -0.295 e. The molecule has 1 aromatic rings. The van der Waals surface area contributed by atoms with Gasteiger partial charge in [-0.15, -0.1) is 0 Å². The summed E-state index contributed by atoms with van der Waals surface area (Å²) in [5, 5.41) is 0. The molecule has 25 heavy (non-hydrogen) atoms. The number of hydrogen-bond acceptors (Lipinski definition) is 1. The van der Waals surface area contributed by atoms with E-state index in [-0.39, 0.29) is 5.78 Å². The maximum atomic E-state index is 12.1. The van der Waals surface area contributed by atoms with Crippen LogP contribution in [0.2, 0.25) is 0 Å². The standard InChI is InChI=1S/C22H34O.C2H6/c1-6-9-11-19(12-10-7-2)22(16-21(23)8-3)20-14-13-17(4)18(5)15-20;1-2/h13-16,19H,6-12H2,1-5H3;1-2H3/b22-16+;. The minimum absolute atomic E-state index is 0.247. The second kappa shape index (κ2) is 13.9. The van der Waals surface area contributed by atoms with E-state index in [0.29, 0.717) is 12.3 Å². The lowest BCUT2D eigenvalue weighted by Crippen LogP contribution is -2.07. The fraction of sp³-hybridized carbons (Fsp3) is 0.625. The Labute approximate surface area is 156 Å². The van der Waals surface area contributed by atoms with Crippen LogP contribution in [0.1, 0.15) is 96.3 Å². The minimum atomic E-state index is 0.247. The normalized spacial score (nSPS) is 11.3. The average molecular weight is 345 g/mol. The quantitative estimate of drug-likeness (QED) is 0.398. The van der Waals surface area contributed by atoms with Gasteiger partial charge in [0.25, 0.3) is 0 Å². The van der Waals surface area contributed by atoms with Crippen LogP contribution >= 0.6 is 0 Å². The highest BCUT2D eigenvalue weighted by atomic mass is 16.1. The summed E-state index contributed by atoms with van der Waals surface area (Å²) in [6, 6.07) is 6.64. The summed E-state index contributed by atoms with van der Waals surface area (Å²) in [6.45, 7) is 14.7. The first-order valence-electron chi connectivity index (χ1n) is 10.3. The molecule has 142 valence electrons. The van der Waals surface area contributed by atoms with Crippen LogP contribution in [-0.2, 0) is 4.79 Å². The summed E-state index contributed by atoms with van der Waals surface area (Å²) < 4.78 is 0. The number of benzene rings is 1. The summed E-state index contributed by atoms with van der Waals surface area (Å²) in [5.41, 5.74) is 5.13. The third-order valence-corrected chi connectivity index (χ3v) is 4.76. The molecule has 0 saturated carbocycles. The first kappa shape index (κ1) is 23.6. The van der Waals surface area contributed by atoms with E-state index in [4.69, 9.17) is 0 Å². The van der Waals surface area contributed by atoms with E-state index in [1.165, 1.54) is 60.8 Å². The molecule has 0 fully saturated rings. The lowest BCUT2D eigenvalue weighted by molar-refractivity contribution is -0.114. The Morgan fingerprint density at radius 3 is 1.96 bits per heavy atom. The molecule has 1 aromatic carbocycles. The fourth-order valence-electron chi connectivity index (χ4n) is 2.99. The molecule has 0 aromatic heterocycles. The van der Waals surface area contributed by atoms with Gasteiger partial charge in [-0.25, -0.2) is 0 Å². The highest BCUT2D eigenvalue weighted by Crippen LogP contribution is 2.33. The highest BCUT2D eigenvalue weighted by molar-refractivity contribution is 5.97. The lowest BCUT2D eigenvalue weighted by atomic mass is 9.83. The Hall–Kier alpha value is -1.37. The zero-order valence-electron chi connectivity index (χ0n) is 17.7. The van der Waals surface area contributed by atoms with E-state index in [1.54, 1.807) is 0 Å². The maximum absolute atomic E-state index is 12.1. The second-order valence-corrected chi connectivity index (χ2v) is 6.70. The third-order valence-electron chi connectivity index (χ3n) is 4.76. The van der Waals surface area contributed by atoms with E-state index in [0.717, 1.165) is 0 Å². The van der Waals surface area contributed by atoms with Crippen LogP contribution < -0.4 is 0 Å². The van der Waals surface area contributed by atoms with Crippen LogP contribution in [0.5, 0.6) is 0 Å². The molecule has 0 aliphatic heterocycles. The van der Waals surface area contributed by atoms with E-state index in [9.17, 15) is 4.79 Å². The van der Waals surface area contributed by atoms with Crippen LogP contribution in [-0.4, -0.2) is 5.78 Å². The van der Waals surface area contributed by atoms with Gasteiger partial charge in [-0.2, -0.15) is 0 Å². The number of ketones is 1. The lowest BCUT2D eigenvalue weighted by Gasteiger charge is -2.21. The van der Waals surface area contributed by atoms with E-state index >= 15 is 0 Å². The number of unbranched alkanes of at least 4 members (excludes halogenated alkanes) is 2. The van der Waals surface area contributed by atoms with Crippen molar-refractivity contribution in [2.45, 2.75) is 93.4 Å². The van der Waals surface area contributed by atoms with Crippen molar-refractivity contribution in [3.05, 3.63) is 41.0 Å². The third kappa shape index (κ3) is 8.52. The maximum Gasteiger partial charge on any atom is 0.155 e. The molecule has 0 spiro atoms. The molecule has 1 heteroatoms. The van der Waals surface area contributed by atoms with Crippen molar-refractivity contribution >= 4 is 11.4 Å². The predicted octanol–water partition coefficient (Wildman–Crippen LogP) is 7.69. The van der Waals surface area contributed by atoms with Crippen molar-refractivity contribution in [2.24, 2.45) is 5.92 Å². The Morgan fingerprint density at radius 1 is 0.960 bits per heavy atom. The van der Waals surface area contributed by atoms with E-state index in [2.05, 4.69) is 45.9 Å². The average Bonchev–Trinajstić information content (AvgIpc) is 2.64. The zero-order valence-corrected chi connectivity index (χ0v) is 17.7. The van der Waals surface area contributed by atoms with Gasteiger partial charge < -0.3 is 0 Å². The summed E-state index contributed by atoms with van der Waals surface area (Å²) in [4.78, 5) is 12.1. The number of carbonyl (C=O) groups is 1. The Balaban J connectivity index is 0.00000277. The zero-order chi connectivity index (χ0) is 19.2. The summed E-state index contributed by atoms with van der Waals surface area (Å²) in [5.74, 6) is 0.753. The van der Waals surface area contributed by atoms with Crippen molar-refractivity contribution < 1.29 is 4.79 Å².